The quantitative estimate of drug-likeness (QED) is 0.621. The van der Waals surface area contributed by atoms with Crippen molar-refractivity contribution >= 4 is 11.9 Å². The molecule has 3 rings (SSSR count). The van der Waals surface area contributed by atoms with E-state index in [1.54, 1.807) is 4.90 Å². The van der Waals surface area contributed by atoms with E-state index in [1.165, 1.54) is 13.1 Å². The number of amides is 1. The topological polar surface area (TPSA) is 56.3 Å². The van der Waals surface area contributed by atoms with E-state index < -0.39 is 0 Å². The van der Waals surface area contributed by atoms with E-state index in [9.17, 15) is 9.59 Å². The number of ether oxygens (including phenoxy) is 1. The summed E-state index contributed by atoms with van der Waals surface area (Å²) in [6, 6.07) is 0.669. The summed E-state index contributed by atoms with van der Waals surface area (Å²) in [5.74, 6) is 0.0201. The van der Waals surface area contributed by atoms with E-state index in [0.717, 1.165) is 52.0 Å². The van der Waals surface area contributed by atoms with Crippen molar-refractivity contribution in [1.29, 1.82) is 0 Å². The van der Waals surface area contributed by atoms with Gasteiger partial charge < -0.3 is 14.5 Å². The van der Waals surface area contributed by atoms with E-state index in [4.69, 9.17) is 4.74 Å². The minimum atomic E-state index is -0.162. The van der Waals surface area contributed by atoms with Gasteiger partial charge in [0, 0.05) is 58.3 Å². The second-order valence-corrected chi connectivity index (χ2v) is 7.55. The molecule has 0 spiro atoms. The van der Waals surface area contributed by atoms with Crippen LogP contribution in [0.4, 0.5) is 0 Å². The van der Waals surface area contributed by atoms with Crippen molar-refractivity contribution in [3.8, 4) is 0 Å². The van der Waals surface area contributed by atoms with Crippen molar-refractivity contribution in [2.75, 3.05) is 72.6 Å². The highest BCUT2D eigenvalue weighted by Gasteiger charge is 2.27. The SMILES string of the molecule is CN1CCN(C2CCN(CC(=O)OCCN3CCCC3=O)CC2)CC1. The number of nitrogens with zero attached hydrogens (tertiary/aromatic N) is 4. The summed E-state index contributed by atoms with van der Waals surface area (Å²) in [6.07, 6.45) is 3.84. The van der Waals surface area contributed by atoms with E-state index in [-0.39, 0.29) is 11.9 Å². The standard InChI is InChI=1S/C18H32N4O3/c1-19-9-11-21(12-10-19)16-4-7-20(8-5-16)15-18(24)25-14-13-22-6-2-3-17(22)23/h16H,2-15H2,1H3. The van der Waals surface area contributed by atoms with Gasteiger partial charge >= 0.3 is 5.97 Å². The van der Waals surface area contributed by atoms with Gasteiger partial charge in [-0.1, -0.05) is 0 Å². The molecule has 0 bridgehead atoms. The minimum absolute atomic E-state index is 0.162. The molecule has 7 heteroatoms. The van der Waals surface area contributed by atoms with Crippen LogP contribution in [0, 0.1) is 0 Å². The Labute approximate surface area is 150 Å². The van der Waals surface area contributed by atoms with Crippen molar-refractivity contribution in [1.82, 2.24) is 19.6 Å². The molecule has 0 N–H and O–H groups in total. The lowest BCUT2D eigenvalue weighted by atomic mass is 10.0. The number of carbonyl (C=O) groups excluding carboxylic acids is 2. The van der Waals surface area contributed by atoms with Gasteiger partial charge in [0.05, 0.1) is 13.1 Å². The fraction of sp³-hybridized carbons (Fsp3) is 0.889. The molecule has 0 aromatic heterocycles. The Morgan fingerprint density at radius 2 is 1.80 bits per heavy atom. The highest BCUT2D eigenvalue weighted by Crippen LogP contribution is 2.18. The monoisotopic (exact) mass is 352 g/mol. The lowest BCUT2D eigenvalue weighted by Gasteiger charge is -2.41. The first kappa shape index (κ1) is 18.6. The summed E-state index contributed by atoms with van der Waals surface area (Å²) >= 11 is 0. The molecule has 0 radical (unpaired) electrons. The summed E-state index contributed by atoms with van der Waals surface area (Å²) in [7, 11) is 2.19. The predicted octanol–water partition coefficient (Wildman–Crippen LogP) is -0.136. The molecule has 142 valence electrons. The molecule has 0 aliphatic carbocycles. The molecule has 3 aliphatic heterocycles. The lowest BCUT2D eigenvalue weighted by Crippen LogP contribution is -2.52. The fourth-order valence-corrected chi connectivity index (χ4v) is 4.07. The van der Waals surface area contributed by atoms with Crippen LogP contribution in [0.25, 0.3) is 0 Å². The molecule has 0 atom stereocenters. The number of piperidine rings is 1. The van der Waals surface area contributed by atoms with Crippen molar-refractivity contribution in [3.05, 3.63) is 0 Å². The van der Waals surface area contributed by atoms with Gasteiger partial charge in [-0.05, 0) is 26.3 Å². The highest BCUT2D eigenvalue weighted by molar-refractivity contribution is 5.78. The molecule has 3 saturated heterocycles. The lowest BCUT2D eigenvalue weighted by molar-refractivity contribution is -0.146. The summed E-state index contributed by atoms with van der Waals surface area (Å²) in [5, 5.41) is 0. The molecule has 0 unspecified atom stereocenters. The molecule has 3 fully saturated rings. The van der Waals surface area contributed by atoms with Crippen molar-refractivity contribution < 1.29 is 14.3 Å². The largest absolute Gasteiger partial charge is 0.463 e. The average Bonchev–Trinajstić information content (AvgIpc) is 3.01. The van der Waals surface area contributed by atoms with Gasteiger partial charge in [0.15, 0.2) is 0 Å². The average molecular weight is 352 g/mol. The third kappa shape index (κ3) is 5.39. The van der Waals surface area contributed by atoms with Crippen LogP contribution in [-0.2, 0) is 14.3 Å². The number of hydrogen-bond donors (Lipinski definition) is 0. The van der Waals surface area contributed by atoms with Crippen LogP contribution in [0.3, 0.4) is 0 Å². The number of likely N-dealkylation sites (tertiary alicyclic amines) is 2. The van der Waals surface area contributed by atoms with Gasteiger partial charge in [0.2, 0.25) is 5.91 Å². The molecule has 25 heavy (non-hydrogen) atoms. The van der Waals surface area contributed by atoms with Crippen LogP contribution < -0.4 is 0 Å². The maximum Gasteiger partial charge on any atom is 0.320 e. The zero-order valence-corrected chi connectivity index (χ0v) is 15.5. The molecular weight excluding hydrogens is 320 g/mol. The molecule has 3 heterocycles. The second kappa shape index (κ2) is 8.96. The summed E-state index contributed by atoms with van der Waals surface area (Å²) < 4.78 is 5.32. The number of hydrogen-bond acceptors (Lipinski definition) is 6. The number of rotatable bonds is 6. The second-order valence-electron chi connectivity index (χ2n) is 7.55. The van der Waals surface area contributed by atoms with Gasteiger partial charge in [0.25, 0.3) is 0 Å². The molecule has 1 amide bonds. The van der Waals surface area contributed by atoms with Crippen LogP contribution in [0.15, 0.2) is 0 Å². The normalized spacial score (nSPS) is 24.8. The molecule has 0 aromatic rings. The van der Waals surface area contributed by atoms with Crippen LogP contribution in [0.2, 0.25) is 0 Å². The Morgan fingerprint density at radius 1 is 1.08 bits per heavy atom. The first-order valence-corrected chi connectivity index (χ1v) is 9.70. The first-order chi connectivity index (χ1) is 12.1. The zero-order chi connectivity index (χ0) is 17.6. The smallest absolute Gasteiger partial charge is 0.320 e. The van der Waals surface area contributed by atoms with Crippen molar-refractivity contribution in [2.24, 2.45) is 0 Å². The summed E-state index contributed by atoms with van der Waals surface area (Å²) in [5.41, 5.74) is 0. The number of esters is 1. The Bertz CT molecular complexity index is 457. The first-order valence-electron chi connectivity index (χ1n) is 9.70. The van der Waals surface area contributed by atoms with Crippen LogP contribution in [0.5, 0.6) is 0 Å². The third-order valence-corrected chi connectivity index (χ3v) is 5.76. The van der Waals surface area contributed by atoms with Crippen LogP contribution in [-0.4, -0.2) is 110 Å². The maximum absolute atomic E-state index is 12.0. The molecular formula is C18H32N4O3. The molecule has 7 nitrogen and oxygen atoms in total. The maximum atomic E-state index is 12.0. The van der Waals surface area contributed by atoms with Crippen molar-refractivity contribution in [2.45, 2.75) is 31.7 Å². The van der Waals surface area contributed by atoms with Gasteiger partial charge in [-0.3, -0.25) is 19.4 Å². The van der Waals surface area contributed by atoms with E-state index in [1.807, 2.05) is 0 Å². The van der Waals surface area contributed by atoms with Gasteiger partial charge in [0.1, 0.15) is 6.61 Å². The zero-order valence-electron chi connectivity index (χ0n) is 15.5. The Balaban J connectivity index is 1.29. The van der Waals surface area contributed by atoms with Crippen LogP contribution >= 0.6 is 0 Å². The summed E-state index contributed by atoms with van der Waals surface area (Å²) in [6.45, 7) is 8.63. The minimum Gasteiger partial charge on any atom is -0.463 e. The Kier molecular flexibility index (Phi) is 6.67. The summed E-state index contributed by atoms with van der Waals surface area (Å²) in [4.78, 5) is 32.5. The Morgan fingerprint density at radius 3 is 2.44 bits per heavy atom. The third-order valence-electron chi connectivity index (χ3n) is 5.76. The molecule has 0 saturated carbocycles. The highest BCUT2D eigenvalue weighted by atomic mass is 16.5. The van der Waals surface area contributed by atoms with Crippen molar-refractivity contribution in [3.63, 3.8) is 0 Å². The van der Waals surface area contributed by atoms with E-state index in [0.29, 0.717) is 32.2 Å². The van der Waals surface area contributed by atoms with E-state index in [2.05, 4.69) is 21.7 Å². The van der Waals surface area contributed by atoms with Gasteiger partial charge in [-0.2, -0.15) is 0 Å². The molecule has 0 aromatic carbocycles. The molecule has 3 aliphatic rings. The van der Waals surface area contributed by atoms with E-state index >= 15 is 0 Å². The predicted molar refractivity (Wildman–Crippen MR) is 95.3 cm³/mol. The van der Waals surface area contributed by atoms with Gasteiger partial charge in [-0.15, -0.1) is 0 Å². The number of likely N-dealkylation sites (N-methyl/N-ethyl adjacent to an activating group) is 1. The van der Waals surface area contributed by atoms with Gasteiger partial charge in [-0.25, -0.2) is 0 Å². The Hall–Kier alpha value is -1.18. The fourth-order valence-electron chi connectivity index (χ4n) is 4.07. The number of piperazine rings is 1. The van der Waals surface area contributed by atoms with Crippen LogP contribution in [0.1, 0.15) is 25.7 Å². The number of carbonyl (C=O) groups is 2.